The van der Waals surface area contributed by atoms with Crippen LogP contribution in [0.4, 0.5) is 11.4 Å². The number of carbonyl (C=O) groups excluding carboxylic acids is 2. The molecule has 1 rings (SSSR count). The van der Waals surface area contributed by atoms with Crippen molar-refractivity contribution in [3.05, 3.63) is 34.4 Å². The van der Waals surface area contributed by atoms with Crippen LogP contribution < -0.4 is 16.4 Å². The van der Waals surface area contributed by atoms with Crippen LogP contribution in [0.1, 0.15) is 13.8 Å². The lowest BCUT2D eigenvalue weighted by molar-refractivity contribution is -0.384. The minimum Gasteiger partial charge on any atom is -0.343 e. The number of nitrogens with two attached hydrogens (primary N) is 1. The van der Waals surface area contributed by atoms with E-state index in [-0.39, 0.29) is 18.1 Å². The maximum Gasteiger partial charge on any atom is 0.269 e. The molecular weight excluding hydrogens is 300 g/mol. The molecule has 2 amide bonds. The molecule has 9 heteroatoms. The topological polar surface area (TPSA) is 127 Å². The van der Waals surface area contributed by atoms with E-state index in [0.29, 0.717) is 5.69 Å². The Labute approximate surface area is 127 Å². The van der Waals surface area contributed by atoms with Crippen molar-refractivity contribution in [2.24, 2.45) is 5.73 Å². The van der Waals surface area contributed by atoms with Crippen molar-refractivity contribution in [3.63, 3.8) is 0 Å². The summed E-state index contributed by atoms with van der Waals surface area (Å²) in [7, 11) is 0. The van der Waals surface area contributed by atoms with Crippen molar-refractivity contribution < 1.29 is 14.5 Å². The summed E-state index contributed by atoms with van der Waals surface area (Å²) in [6, 6.07) is 3.92. The zero-order chi connectivity index (χ0) is 15.3. The van der Waals surface area contributed by atoms with E-state index in [4.69, 9.17) is 5.73 Å². The van der Waals surface area contributed by atoms with Gasteiger partial charge in [-0.1, -0.05) is 0 Å². The van der Waals surface area contributed by atoms with E-state index >= 15 is 0 Å². The SMILES string of the molecule is C[C@H](N)C(=O)N[C@@H](C)C(=O)Nc1ccc([N+](=O)[O-])cc1.Cl. The van der Waals surface area contributed by atoms with Crippen LogP contribution in [-0.4, -0.2) is 28.8 Å². The second-order valence-corrected chi connectivity index (χ2v) is 4.31. The first-order chi connectivity index (χ1) is 9.31. The van der Waals surface area contributed by atoms with Crippen LogP contribution in [0, 0.1) is 10.1 Å². The molecule has 2 atom stereocenters. The first-order valence-electron chi connectivity index (χ1n) is 5.92. The Morgan fingerprint density at radius 1 is 1.19 bits per heavy atom. The van der Waals surface area contributed by atoms with Gasteiger partial charge in [-0.15, -0.1) is 12.4 Å². The molecule has 0 spiro atoms. The molecule has 0 radical (unpaired) electrons. The smallest absolute Gasteiger partial charge is 0.269 e. The number of carbonyl (C=O) groups is 2. The molecule has 0 saturated heterocycles. The van der Waals surface area contributed by atoms with Crippen LogP contribution in [0.3, 0.4) is 0 Å². The second kappa shape index (κ2) is 8.18. The van der Waals surface area contributed by atoms with E-state index < -0.39 is 28.8 Å². The van der Waals surface area contributed by atoms with Crippen molar-refractivity contribution in [1.29, 1.82) is 0 Å². The van der Waals surface area contributed by atoms with Crippen molar-refractivity contribution in [2.75, 3.05) is 5.32 Å². The number of nitrogens with one attached hydrogen (secondary N) is 2. The number of hydrogen-bond donors (Lipinski definition) is 3. The predicted molar refractivity (Wildman–Crippen MR) is 80.2 cm³/mol. The molecule has 0 fully saturated rings. The molecule has 116 valence electrons. The molecule has 21 heavy (non-hydrogen) atoms. The fourth-order valence-electron chi connectivity index (χ4n) is 1.33. The van der Waals surface area contributed by atoms with Gasteiger partial charge in [-0.3, -0.25) is 19.7 Å². The lowest BCUT2D eigenvalue weighted by Crippen LogP contribution is -2.47. The minimum atomic E-state index is -0.760. The maximum atomic E-state index is 11.8. The van der Waals surface area contributed by atoms with Gasteiger partial charge >= 0.3 is 0 Å². The molecule has 8 nitrogen and oxygen atoms in total. The number of benzene rings is 1. The van der Waals surface area contributed by atoms with Gasteiger partial charge in [0.05, 0.1) is 11.0 Å². The van der Waals surface area contributed by atoms with Crippen molar-refractivity contribution in [2.45, 2.75) is 25.9 Å². The summed E-state index contributed by atoms with van der Waals surface area (Å²) in [5.41, 5.74) is 5.71. The molecule has 0 aliphatic rings. The second-order valence-electron chi connectivity index (χ2n) is 4.31. The highest BCUT2D eigenvalue weighted by atomic mass is 35.5. The van der Waals surface area contributed by atoms with Gasteiger partial charge in [0, 0.05) is 17.8 Å². The average molecular weight is 317 g/mol. The highest BCUT2D eigenvalue weighted by Crippen LogP contribution is 2.15. The molecule has 0 aliphatic carbocycles. The summed E-state index contributed by atoms with van der Waals surface area (Å²) < 4.78 is 0. The fraction of sp³-hybridized carbons (Fsp3) is 0.333. The summed E-state index contributed by atoms with van der Waals surface area (Å²) >= 11 is 0. The summed E-state index contributed by atoms with van der Waals surface area (Å²) in [4.78, 5) is 33.1. The van der Waals surface area contributed by atoms with Gasteiger partial charge in [0.1, 0.15) is 6.04 Å². The minimum absolute atomic E-state index is 0. The number of nitro groups is 1. The van der Waals surface area contributed by atoms with Gasteiger partial charge in [-0.2, -0.15) is 0 Å². The van der Waals surface area contributed by atoms with Crippen LogP contribution in [-0.2, 0) is 9.59 Å². The number of halogens is 1. The molecule has 1 aromatic carbocycles. The molecule has 1 aromatic rings. The lowest BCUT2D eigenvalue weighted by atomic mass is 10.2. The van der Waals surface area contributed by atoms with Crippen LogP contribution in [0.25, 0.3) is 0 Å². The lowest BCUT2D eigenvalue weighted by Gasteiger charge is -2.15. The van der Waals surface area contributed by atoms with Crippen LogP contribution in [0.2, 0.25) is 0 Å². The number of non-ortho nitro benzene ring substituents is 1. The Balaban J connectivity index is 0.00000400. The standard InChI is InChI=1S/C12H16N4O4.ClH/c1-7(13)11(17)14-8(2)12(18)15-9-3-5-10(6-4-9)16(19)20;/h3-8H,13H2,1-2H3,(H,14,17)(H,15,18);1H/t7-,8-;/m0./s1. The van der Waals surface area contributed by atoms with Crippen LogP contribution in [0.5, 0.6) is 0 Å². The van der Waals surface area contributed by atoms with Gasteiger partial charge < -0.3 is 16.4 Å². The van der Waals surface area contributed by atoms with Gasteiger partial charge in [0.25, 0.3) is 5.69 Å². The third-order valence-corrected chi connectivity index (χ3v) is 2.51. The first-order valence-corrected chi connectivity index (χ1v) is 5.92. The van der Waals surface area contributed by atoms with E-state index in [1.165, 1.54) is 38.1 Å². The Hall–Kier alpha value is -2.19. The molecular formula is C12H17ClN4O4. The Morgan fingerprint density at radius 3 is 2.14 bits per heavy atom. The monoisotopic (exact) mass is 316 g/mol. The van der Waals surface area contributed by atoms with Crippen LogP contribution in [0.15, 0.2) is 24.3 Å². The first kappa shape index (κ1) is 18.8. The molecule has 0 unspecified atom stereocenters. The molecule has 4 N–H and O–H groups in total. The van der Waals surface area contributed by atoms with E-state index in [1.54, 1.807) is 0 Å². The predicted octanol–water partition coefficient (Wildman–Crippen LogP) is 0.807. The molecule has 0 aromatic heterocycles. The Morgan fingerprint density at radius 2 is 1.71 bits per heavy atom. The highest BCUT2D eigenvalue weighted by Gasteiger charge is 2.17. The molecule has 0 aliphatic heterocycles. The Kier molecular flexibility index (Phi) is 7.32. The summed E-state index contributed by atoms with van der Waals surface area (Å²) in [6.45, 7) is 3.03. The average Bonchev–Trinajstić information content (AvgIpc) is 2.38. The van der Waals surface area contributed by atoms with Gasteiger partial charge in [-0.05, 0) is 26.0 Å². The van der Waals surface area contributed by atoms with E-state index in [1.807, 2.05) is 0 Å². The molecule has 0 saturated carbocycles. The molecule has 0 heterocycles. The normalized spacial score (nSPS) is 12.5. The van der Waals surface area contributed by atoms with Gasteiger partial charge in [0.15, 0.2) is 0 Å². The third kappa shape index (κ3) is 5.76. The zero-order valence-corrected chi connectivity index (χ0v) is 12.3. The summed E-state index contributed by atoms with van der Waals surface area (Å²) in [5.74, 6) is -0.871. The maximum absolute atomic E-state index is 11.8. The van der Waals surface area contributed by atoms with E-state index in [9.17, 15) is 19.7 Å². The third-order valence-electron chi connectivity index (χ3n) is 2.51. The summed E-state index contributed by atoms with van der Waals surface area (Å²) in [5, 5.41) is 15.5. The number of rotatable bonds is 5. The summed E-state index contributed by atoms with van der Waals surface area (Å²) in [6.07, 6.45) is 0. The number of anilines is 1. The Bertz CT molecular complexity index is 518. The quantitative estimate of drug-likeness (QED) is 0.547. The number of amides is 2. The van der Waals surface area contributed by atoms with Crippen molar-refractivity contribution >= 4 is 35.6 Å². The largest absolute Gasteiger partial charge is 0.343 e. The van der Waals surface area contributed by atoms with Crippen molar-refractivity contribution in [1.82, 2.24) is 5.32 Å². The van der Waals surface area contributed by atoms with E-state index in [0.717, 1.165) is 0 Å². The van der Waals surface area contributed by atoms with Crippen LogP contribution >= 0.6 is 12.4 Å². The molecule has 0 bridgehead atoms. The van der Waals surface area contributed by atoms with Gasteiger partial charge in [0.2, 0.25) is 11.8 Å². The van der Waals surface area contributed by atoms with Crippen molar-refractivity contribution in [3.8, 4) is 0 Å². The number of hydrogen-bond acceptors (Lipinski definition) is 5. The highest BCUT2D eigenvalue weighted by molar-refractivity contribution is 5.97. The van der Waals surface area contributed by atoms with E-state index in [2.05, 4.69) is 10.6 Å². The zero-order valence-electron chi connectivity index (χ0n) is 11.5. The number of nitro benzene ring substituents is 1. The fourth-order valence-corrected chi connectivity index (χ4v) is 1.33. The number of nitrogens with zero attached hydrogens (tertiary/aromatic N) is 1. The van der Waals surface area contributed by atoms with Gasteiger partial charge in [-0.25, -0.2) is 0 Å².